The topological polar surface area (TPSA) is 45.4 Å². The Morgan fingerprint density at radius 1 is 1.18 bits per heavy atom. The molecule has 1 heterocycles. The van der Waals surface area contributed by atoms with Gasteiger partial charge in [-0.25, -0.2) is 0 Å². The Morgan fingerprint density at radius 3 is 2.36 bits per heavy atom. The number of nitrogens with one attached hydrogen (secondary N) is 1. The lowest BCUT2D eigenvalue weighted by Gasteiger charge is -2.09. The molecule has 0 amide bonds. The molecule has 2 aromatic rings. The van der Waals surface area contributed by atoms with Crippen LogP contribution in [0.25, 0.3) is 11.5 Å². The lowest BCUT2D eigenvalue weighted by Crippen LogP contribution is -2.40. The minimum absolute atomic E-state index is 0.116. The average molecular weight is 315 g/mol. The molecule has 2 rings (SSSR count). The molecule has 0 atom stereocenters. The smallest absolute Gasteiger partial charge is 0.287 e. The van der Waals surface area contributed by atoms with Gasteiger partial charge in [0.25, 0.3) is 5.70 Å². The van der Waals surface area contributed by atoms with Gasteiger partial charge < -0.3 is 15.2 Å². The summed E-state index contributed by atoms with van der Waals surface area (Å²) in [7, 11) is 1.61. The minimum atomic E-state index is 0.116. The van der Waals surface area contributed by atoms with E-state index < -0.39 is 0 Å². The Bertz CT molecular complexity index is 667. The predicted molar refractivity (Wildman–Crippen MR) is 91.6 cm³/mol. The maximum absolute atomic E-state index is 10.7. The molecule has 0 aliphatic carbocycles. The third-order valence-corrected chi connectivity index (χ3v) is 3.45. The van der Waals surface area contributed by atoms with Gasteiger partial charge in [0.1, 0.15) is 5.75 Å². The van der Waals surface area contributed by atoms with Crippen molar-refractivity contribution in [2.45, 2.75) is 6.92 Å². The molecule has 114 valence electrons. The Balaban J connectivity index is 2.51. The first kappa shape index (κ1) is 16.0. The number of aliphatic hydroxyl groups is 1. The molecule has 0 aliphatic rings. The molecule has 1 aromatic carbocycles. The van der Waals surface area contributed by atoms with E-state index in [4.69, 9.17) is 17.0 Å². The number of rotatable bonds is 5. The van der Waals surface area contributed by atoms with Crippen molar-refractivity contribution in [3.8, 4) is 5.75 Å². The number of hydrogen-bond acceptors (Lipinski definition) is 3. The van der Waals surface area contributed by atoms with Crippen LogP contribution in [-0.4, -0.2) is 23.7 Å². The maximum Gasteiger partial charge on any atom is 0.287 e. The van der Waals surface area contributed by atoms with Crippen molar-refractivity contribution in [3.63, 3.8) is 0 Å². The number of nitrogens with zero attached hydrogens (tertiary/aromatic N) is 1. The summed E-state index contributed by atoms with van der Waals surface area (Å²) in [6.45, 7) is 2.65. The molecule has 1 aromatic heterocycles. The molecule has 0 spiro atoms. The van der Waals surface area contributed by atoms with Crippen LogP contribution in [0.5, 0.6) is 5.75 Å². The summed E-state index contributed by atoms with van der Waals surface area (Å²) < 4.78 is 6.94. The van der Waals surface area contributed by atoms with Crippen LogP contribution >= 0.6 is 12.2 Å². The SMILES string of the molecule is CCNC(=S)C(=C(O)c1ccc(OC)cc1)[n+]1ccccc1. The number of likely N-dealkylation sites (N-methyl/N-ethyl adjacent to an activating group) is 1. The number of hydrogen-bond donors (Lipinski definition) is 2. The number of ether oxygens (including phenoxy) is 1. The first-order chi connectivity index (χ1) is 10.7. The zero-order valence-corrected chi connectivity index (χ0v) is 13.4. The lowest BCUT2D eigenvalue weighted by molar-refractivity contribution is -0.576. The van der Waals surface area contributed by atoms with Crippen LogP contribution in [-0.2, 0) is 0 Å². The standard InChI is InChI=1S/C17H18N2O2S/c1-3-18-17(22)15(19-11-5-4-6-12-19)16(20)13-7-9-14(21-2)10-8-13/h4-12H,3H2,1-2H3,(H-,18,20,22)/p+1. The number of aliphatic hydroxyl groups excluding tert-OH is 1. The van der Waals surface area contributed by atoms with E-state index in [0.29, 0.717) is 22.8 Å². The van der Waals surface area contributed by atoms with Crippen molar-refractivity contribution in [2.24, 2.45) is 0 Å². The zero-order valence-electron chi connectivity index (χ0n) is 12.6. The molecule has 5 heteroatoms. The second kappa shape index (κ2) is 7.56. The third-order valence-electron chi connectivity index (χ3n) is 3.11. The molecule has 2 N–H and O–H groups in total. The number of thiocarbonyl (C=S) groups is 1. The second-order valence-electron chi connectivity index (χ2n) is 4.57. The van der Waals surface area contributed by atoms with Gasteiger partial charge in [-0.1, -0.05) is 18.3 Å². The van der Waals surface area contributed by atoms with Crippen LogP contribution in [0.15, 0.2) is 54.9 Å². The summed E-state index contributed by atoms with van der Waals surface area (Å²) in [5.41, 5.74) is 1.22. The molecular weight excluding hydrogens is 296 g/mol. The highest BCUT2D eigenvalue weighted by Gasteiger charge is 2.22. The molecule has 0 fully saturated rings. The Kier molecular flexibility index (Phi) is 5.49. The van der Waals surface area contributed by atoms with Gasteiger partial charge in [-0.2, -0.15) is 4.57 Å². The fourth-order valence-corrected chi connectivity index (χ4v) is 2.37. The molecular formula is C17H19N2O2S+. The lowest BCUT2D eigenvalue weighted by atomic mass is 10.1. The summed E-state index contributed by atoms with van der Waals surface area (Å²) in [4.78, 5) is 0.493. The van der Waals surface area contributed by atoms with Crippen LogP contribution in [0.1, 0.15) is 12.5 Å². The normalized spacial score (nSPS) is 11.5. The van der Waals surface area contributed by atoms with E-state index in [1.165, 1.54) is 0 Å². The van der Waals surface area contributed by atoms with Crippen LogP contribution in [0.4, 0.5) is 0 Å². The van der Waals surface area contributed by atoms with Crippen LogP contribution in [0.3, 0.4) is 0 Å². The third kappa shape index (κ3) is 3.62. The van der Waals surface area contributed by atoms with Crippen molar-refractivity contribution in [3.05, 3.63) is 60.4 Å². The van der Waals surface area contributed by atoms with E-state index in [-0.39, 0.29) is 5.76 Å². The van der Waals surface area contributed by atoms with Gasteiger partial charge in [-0.3, -0.25) is 0 Å². The van der Waals surface area contributed by atoms with Crippen LogP contribution in [0, 0.1) is 0 Å². The maximum atomic E-state index is 10.7. The quantitative estimate of drug-likeness (QED) is 0.385. The highest BCUT2D eigenvalue weighted by Crippen LogP contribution is 2.20. The average Bonchev–Trinajstić information content (AvgIpc) is 2.56. The fraction of sp³-hybridized carbons (Fsp3) is 0.176. The second-order valence-corrected chi connectivity index (χ2v) is 4.98. The van der Waals surface area contributed by atoms with E-state index in [1.807, 2.05) is 37.5 Å². The van der Waals surface area contributed by atoms with E-state index >= 15 is 0 Å². The van der Waals surface area contributed by atoms with Gasteiger partial charge >= 0.3 is 0 Å². The number of methoxy groups -OCH3 is 1. The van der Waals surface area contributed by atoms with Crippen molar-refractivity contribution in [1.82, 2.24) is 5.32 Å². The van der Waals surface area contributed by atoms with E-state index in [0.717, 1.165) is 5.75 Å². The first-order valence-corrected chi connectivity index (χ1v) is 7.40. The van der Waals surface area contributed by atoms with Gasteiger partial charge in [-0.15, -0.1) is 0 Å². The fourth-order valence-electron chi connectivity index (χ4n) is 2.02. The summed E-state index contributed by atoms with van der Waals surface area (Å²) in [5.74, 6) is 0.851. The molecule has 0 bridgehead atoms. The molecule has 0 unspecified atom stereocenters. The van der Waals surface area contributed by atoms with Crippen molar-refractivity contribution < 1.29 is 14.4 Å². The van der Waals surface area contributed by atoms with E-state index in [2.05, 4.69) is 5.32 Å². The van der Waals surface area contributed by atoms with Crippen molar-refractivity contribution in [1.29, 1.82) is 0 Å². The monoisotopic (exact) mass is 315 g/mol. The Labute approximate surface area is 135 Å². The Morgan fingerprint density at radius 2 is 1.82 bits per heavy atom. The van der Waals surface area contributed by atoms with Crippen molar-refractivity contribution in [2.75, 3.05) is 13.7 Å². The number of aromatic nitrogens is 1. The largest absolute Gasteiger partial charge is 0.502 e. The Hall–Kier alpha value is -2.40. The molecule has 0 saturated heterocycles. The van der Waals surface area contributed by atoms with Crippen LogP contribution in [0.2, 0.25) is 0 Å². The molecule has 0 aliphatic heterocycles. The summed E-state index contributed by atoms with van der Waals surface area (Å²) in [5, 5.41) is 13.8. The number of benzene rings is 1. The van der Waals surface area contributed by atoms with Crippen LogP contribution < -0.4 is 14.6 Å². The van der Waals surface area contributed by atoms with E-state index in [1.54, 1.807) is 35.9 Å². The van der Waals surface area contributed by atoms with Crippen molar-refractivity contribution >= 4 is 28.7 Å². The van der Waals surface area contributed by atoms with Gasteiger partial charge in [-0.05, 0) is 31.2 Å². The minimum Gasteiger partial charge on any atom is -0.502 e. The van der Waals surface area contributed by atoms with Gasteiger partial charge in [0.05, 0.1) is 7.11 Å². The van der Waals surface area contributed by atoms with Gasteiger partial charge in [0, 0.05) is 24.2 Å². The summed E-state index contributed by atoms with van der Waals surface area (Å²) in [6, 6.07) is 12.9. The predicted octanol–water partition coefficient (Wildman–Crippen LogP) is 2.80. The molecule has 22 heavy (non-hydrogen) atoms. The molecule has 0 radical (unpaired) electrons. The summed E-state index contributed by atoms with van der Waals surface area (Å²) >= 11 is 5.41. The zero-order chi connectivity index (χ0) is 15.9. The first-order valence-electron chi connectivity index (χ1n) is 7.00. The molecule has 4 nitrogen and oxygen atoms in total. The highest BCUT2D eigenvalue weighted by molar-refractivity contribution is 7.81. The summed E-state index contributed by atoms with van der Waals surface area (Å²) in [6.07, 6.45) is 3.69. The number of pyridine rings is 1. The van der Waals surface area contributed by atoms with Gasteiger partial charge in [0.15, 0.2) is 23.1 Å². The van der Waals surface area contributed by atoms with Gasteiger partial charge in [0.2, 0.25) is 0 Å². The molecule has 0 saturated carbocycles. The van der Waals surface area contributed by atoms with E-state index in [9.17, 15) is 5.11 Å². The highest BCUT2D eigenvalue weighted by atomic mass is 32.1.